The lowest BCUT2D eigenvalue weighted by atomic mass is 10.2. The number of nitrogens with one attached hydrogen (secondary N) is 1. The Morgan fingerprint density at radius 1 is 1.30 bits per heavy atom. The highest BCUT2D eigenvalue weighted by Gasteiger charge is 2.08. The average Bonchev–Trinajstić information content (AvgIpc) is 2.41. The van der Waals surface area contributed by atoms with E-state index in [1.54, 1.807) is 36.4 Å². The molecule has 2 rings (SSSR count). The molecule has 0 aromatic heterocycles. The molecule has 0 heterocycles. The summed E-state index contributed by atoms with van der Waals surface area (Å²) >= 11 is 1.17. The lowest BCUT2D eigenvalue weighted by Gasteiger charge is -2.09. The van der Waals surface area contributed by atoms with Crippen LogP contribution in [-0.2, 0) is 4.79 Å². The molecule has 0 fully saturated rings. The lowest BCUT2D eigenvalue weighted by Crippen LogP contribution is -2.15. The SMILES string of the molecule is Cc1cc(N)ccc1NC(=O)CSc1ccccc1F. The molecule has 1 amide bonds. The number of halogens is 1. The number of carbonyl (C=O) groups is 1. The van der Waals surface area contributed by atoms with E-state index < -0.39 is 0 Å². The highest BCUT2D eigenvalue weighted by molar-refractivity contribution is 8.00. The van der Waals surface area contributed by atoms with E-state index in [1.807, 2.05) is 6.92 Å². The zero-order valence-corrected chi connectivity index (χ0v) is 11.8. The molecule has 0 aliphatic carbocycles. The van der Waals surface area contributed by atoms with Crippen molar-refractivity contribution < 1.29 is 9.18 Å². The molecule has 5 heteroatoms. The smallest absolute Gasteiger partial charge is 0.234 e. The van der Waals surface area contributed by atoms with Gasteiger partial charge in [-0.2, -0.15) is 0 Å². The van der Waals surface area contributed by atoms with Crippen LogP contribution in [0.5, 0.6) is 0 Å². The van der Waals surface area contributed by atoms with Gasteiger partial charge >= 0.3 is 0 Å². The van der Waals surface area contributed by atoms with Crippen LogP contribution in [0.2, 0.25) is 0 Å². The van der Waals surface area contributed by atoms with Gasteiger partial charge in [0.15, 0.2) is 0 Å². The molecule has 2 aromatic rings. The minimum atomic E-state index is -0.311. The van der Waals surface area contributed by atoms with E-state index in [2.05, 4.69) is 5.32 Å². The first kappa shape index (κ1) is 14.4. The predicted molar refractivity (Wildman–Crippen MR) is 81.3 cm³/mol. The summed E-state index contributed by atoms with van der Waals surface area (Å²) in [7, 11) is 0. The molecule has 0 bridgehead atoms. The third kappa shape index (κ3) is 3.74. The fraction of sp³-hybridized carbons (Fsp3) is 0.133. The molecule has 3 N–H and O–H groups in total. The van der Waals surface area contributed by atoms with Crippen LogP contribution in [-0.4, -0.2) is 11.7 Å². The van der Waals surface area contributed by atoms with Gasteiger partial charge in [0.2, 0.25) is 5.91 Å². The van der Waals surface area contributed by atoms with Gasteiger partial charge in [0.1, 0.15) is 5.82 Å². The van der Waals surface area contributed by atoms with Crippen LogP contribution in [0.15, 0.2) is 47.4 Å². The number of hydrogen-bond acceptors (Lipinski definition) is 3. The van der Waals surface area contributed by atoms with Crippen LogP contribution in [0.3, 0.4) is 0 Å². The van der Waals surface area contributed by atoms with Crippen molar-refractivity contribution in [3.8, 4) is 0 Å². The molecule has 0 spiro atoms. The standard InChI is InChI=1S/C15H15FN2OS/c1-10-8-11(17)6-7-13(10)18-15(19)9-20-14-5-3-2-4-12(14)16/h2-8H,9,17H2,1H3,(H,18,19). The summed E-state index contributed by atoms with van der Waals surface area (Å²) in [5, 5.41) is 2.79. The topological polar surface area (TPSA) is 55.1 Å². The summed E-state index contributed by atoms with van der Waals surface area (Å²) in [6, 6.07) is 11.7. The minimum Gasteiger partial charge on any atom is -0.399 e. The molecule has 2 aromatic carbocycles. The van der Waals surface area contributed by atoms with Crippen LogP contribution in [0.4, 0.5) is 15.8 Å². The number of carbonyl (C=O) groups excluding carboxylic acids is 1. The Balaban J connectivity index is 1.94. The second-order valence-corrected chi connectivity index (χ2v) is 5.36. The third-order valence-corrected chi connectivity index (χ3v) is 3.77. The first-order valence-corrected chi connectivity index (χ1v) is 7.08. The van der Waals surface area contributed by atoms with E-state index in [9.17, 15) is 9.18 Å². The molecule has 0 atom stereocenters. The zero-order valence-electron chi connectivity index (χ0n) is 11.0. The predicted octanol–water partition coefficient (Wildman–Crippen LogP) is 3.45. The number of rotatable bonds is 4. The van der Waals surface area contributed by atoms with Crippen LogP contribution in [0, 0.1) is 12.7 Å². The Morgan fingerprint density at radius 3 is 2.75 bits per heavy atom. The van der Waals surface area contributed by atoms with Gasteiger partial charge in [-0.15, -0.1) is 11.8 Å². The van der Waals surface area contributed by atoms with Crippen molar-refractivity contribution in [2.24, 2.45) is 0 Å². The number of hydrogen-bond donors (Lipinski definition) is 2. The van der Waals surface area contributed by atoms with E-state index in [0.29, 0.717) is 10.6 Å². The van der Waals surface area contributed by atoms with Gasteiger partial charge in [-0.25, -0.2) is 4.39 Å². The second-order valence-electron chi connectivity index (χ2n) is 4.34. The van der Waals surface area contributed by atoms with Gasteiger partial charge in [-0.05, 0) is 42.8 Å². The molecule has 0 aliphatic heterocycles. The normalized spacial score (nSPS) is 10.3. The Bertz CT molecular complexity index is 631. The Labute approximate surface area is 121 Å². The number of anilines is 2. The molecule has 20 heavy (non-hydrogen) atoms. The summed E-state index contributed by atoms with van der Waals surface area (Å²) in [5.41, 5.74) is 7.92. The summed E-state index contributed by atoms with van der Waals surface area (Å²) < 4.78 is 13.4. The van der Waals surface area contributed by atoms with E-state index in [-0.39, 0.29) is 17.5 Å². The summed E-state index contributed by atoms with van der Waals surface area (Å²) in [6.45, 7) is 1.87. The average molecular weight is 290 g/mol. The number of nitrogen functional groups attached to an aromatic ring is 1. The van der Waals surface area contributed by atoms with Gasteiger partial charge in [0.05, 0.1) is 5.75 Å². The van der Waals surface area contributed by atoms with Crippen LogP contribution in [0.1, 0.15) is 5.56 Å². The summed E-state index contributed by atoms with van der Waals surface area (Å²) in [4.78, 5) is 12.3. The molecule has 104 valence electrons. The molecule has 3 nitrogen and oxygen atoms in total. The number of amides is 1. The third-order valence-electron chi connectivity index (χ3n) is 2.72. The van der Waals surface area contributed by atoms with Gasteiger partial charge in [0.25, 0.3) is 0 Å². The van der Waals surface area contributed by atoms with Gasteiger partial charge in [-0.1, -0.05) is 12.1 Å². The van der Waals surface area contributed by atoms with Gasteiger partial charge in [-0.3, -0.25) is 4.79 Å². The number of nitrogens with two attached hydrogens (primary N) is 1. The molecule has 0 aliphatic rings. The maximum absolute atomic E-state index is 13.4. The van der Waals surface area contributed by atoms with Crippen molar-refractivity contribution in [3.05, 3.63) is 53.8 Å². The highest BCUT2D eigenvalue weighted by Crippen LogP contribution is 2.22. The van der Waals surface area contributed by atoms with E-state index in [1.165, 1.54) is 17.8 Å². The minimum absolute atomic E-state index is 0.157. The summed E-state index contributed by atoms with van der Waals surface area (Å²) in [6.07, 6.45) is 0. The van der Waals surface area contributed by atoms with Crippen molar-refractivity contribution in [1.82, 2.24) is 0 Å². The molecule has 0 saturated carbocycles. The Hall–Kier alpha value is -2.01. The second kappa shape index (κ2) is 6.43. The van der Waals surface area contributed by atoms with Crippen molar-refractivity contribution in [3.63, 3.8) is 0 Å². The highest BCUT2D eigenvalue weighted by atomic mass is 32.2. The fourth-order valence-electron chi connectivity index (χ4n) is 1.72. The van der Waals surface area contributed by atoms with Crippen molar-refractivity contribution in [1.29, 1.82) is 0 Å². The number of benzene rings is 2. The fourth-order valence-corrected chi connectivity index (χ4v) is 2.46. The lowest BCUT2D eigenvalue weighted by molar-refractivity contribution is -0.113. The quantitative estimate of drug-likeness (QED) is 0.670. The van der Waals surface area contributed by atoms with Gasteiger partial charge in [0, 0.05) is 16.3 Å². The number of thioether (sulfide) groups is 1. The van der Waals surface area contributed by atoms with Crippen molar-refractivity contribution in [2.75, 3.05) is 16.8 Å². The van der Waals surface area contributed by atoms with E-state index in [0.717, 1.165) is 11.3 Å². The first-order valence-electron chi connectivity index (χ1n) is 6.09. The Kier molecular flexibility index (Phi) is 4.63. The van der Waals surface area contributed by atoms with Crippen LogP contribution < -0.4 is 11.1 Å². The molecule has 0 unspecified atom stereocenters. The monoisotopic (exact) mass is 290 g/mol. The Morgan fingerprint density at radius 2 is 2.05 bits per heavy atom. The van der Waals surface area contributed by atoms with E-state index >= 15 is 0 Å². The van der Waals surface area contributed by atoms with Crippen LogP contribution in [0.25, 0.3) is 0 Å². The molecular weight excluding hydrogens is 275 g/mol. The molecular formula is C15H15FN2OS. The molecule has 0 saturated heterocycles. The van der Waals surface area contributed by atoms with Crippen molar-refractivity contribution >= 4 is 29.0 Å². The molecule has 0 radical (unpaired) electrons. The van der Waals surface area contributed by atoms with E-state index in [4.69, 9.17) is 5.73 Å². The maximum Gasteiger partial charge on any atom is 0.234 e. The largest absolute Gasteiger partial charge is 0.399 e. The zero-order chi connectivity index (χ0) is 14.5. The van der Waals surface area contributed by atoms with Gasteiger partial charge < -0.3 is 11.1 Å². The maximum atomic E-state index is 13.4. The first-order chi connectivity index (χ1) is 9.56. The number of aryl methyl sites for hydroxylation is 1. The van der Waals surface area contributed by atoms with Crippen molar-refractivity contribution in [2.45, 2.75) is 11.8 Å². The van der Waals surface area contributed by atoms with Crippen LogP contribution >= 0.6 is 11.8 Å². The summed E-state index contributed by atoms with van der Waals surface area (Å²) in [5.74, 6) is -0.329.